The lowest BCUT2D eigenvalue weighted by Crippen LogP contribution is -2.27. The molecule has 0 aliphatic carbocycles. The topological polar surface area (TPSA) is 41.6 Å². The van der Waals surface area contributed by atoms with Crippen molar-refractivity contribution in [2.24, 2.45) is 0 Å². The Kier molecular flexibility index (Phi) is 7.60. The summed E-state index contributed by atoms with van der Waals surface area (Å²) < 4.78 is 18.6. The molecule has 0 fully saturated rings. The second-order valence-electron chi connectivity index (χ2n) is 6.15. The van der Waals surface area contributed by atoms with Gasteiger partial charge in [0.05, 0.1) is 13.5 Å². The van der Waals surface area contributed by atoms with Crippen molar-refractivity contribution >= 4 is 5.91 Å². The van der Waals surface area contributed by atoms with E-state index in [1.807, 2.05) is 18.2 Å². The van der Waals surface area contributed by atoms with E-state index in [4.69, 9.17) is 4.74 Å². The number of carbonyl (C=O) groups excluding carboxylic acids is 1. The van der Waals surface area contributed by atoms with Gasteiger partial charge in [-0.05, 0) is 41.9 Å². The van der Waals surface area contributed by atoms with Gasteiger partial charge >= 0.3 is 0 Å². The van der Waals surface area contributed by atoms with Crippen LogP contribution in [-0.2, 0) is 24.3 Å². The molecular weight excluding hydrogens is 331 g/mol. The number of hydrogen-bond donors (Lipinski definition) is 1. The van der Waals surface area contributed by atoms with E-state index in [0.717, 1.165) is 25.2 Å². The first-order valence-corrected chi connectivity index (χ1v) is 8.95. The molecular formula is C21H27FN2O2. The molecule has 2 aromatic rings. The van der Waals surface area contributed by atoms with Gasteiger partial charge in [0.2, 0.25) is 5.91 Å². The highest BCUT2D eigenvalue weighted by atomic mass is 19.1. The Labute approximate surface area is 155 Å². The number of carbonyl (C=O) groups is 1. The fourth-order valence-corrected chi connectivity index (χ4v) is 2.83. The van der Waals surface area contributed by atoms with E-state index >= 15 is 0 Å². The second kappa shape index (κ2) is 9.92. The zero-order valence-electron chi connectivity index (χ0n) is 15.7. The molecule has 2 rings (SSSR count). The standard InChI is InChI=1S/C21H27FN2O2/c1-4-24(5-2)15-18-9-7-6-8-17(18)14-23-21(25)13-16-10-11-20(26-3)19(22)12-16/h6-12H,4-5,13-15H2,1-3H3,(H,23,25). The lowest BCUT2D eigenvalue weighted by molar-refractivity contribution is -0.120. The van der Waals surface area contributed by atoms with Crippen LogP contribution in [-0.4, -0.2) is 31.0 Å². The van der Waals surface area contributed by atoms with Gasteiger partial charge < -0.3 is 10.1 Å². The van der Waals surface area contributed by atoms with Crippen molar-refractivity contribution in [2.45, 2.75) is 33.4 Å². The van der Waals surface area contributed by atoms with Crippen LogP contribution in [0, 0.1) is 5.82 Å². The van der Waals surface area contributed by atoms with Crippen molar-refractivity contribution in [1.29, 1.82) is 0 Å². The third-order valence-corrected chi connectivity index (χ3v) is 4.46. The van der Waals surface area contributed by atoms with Gasteiger partial charge in [-0.25, -0.2) is 4.39 Å². The molecule has 26 heavy (non-hydrogen) atoms. The van der Waals surface area contributed by atoms with E-state index < -0.39 is 5.82 Å². The fourth-order valence-electron chi connectivity index (χ4n) is 2.83. The largest absolute Gasteiger partial charge is 0.494 e. The molecule has 0 aliphatic rings. The van der Waals surface area contributed by atoms with Crippen LogP contribution in [0.5, 0.6) is 5.75 Å². The first-order chi connectivity index (χ1) is 12.6. The Morgan fingerprint density at radius 1 is 1.12 bits per heavy atom. The molecule has 0 radical (unpaired) electrons. The molecule has 0 spiro atoms. The molecule has 0 unspecified atom stereocenters. The molecule has 140 valence electrons. The summed E-state index contributed by atoms with van der Waals surface area (Å²) in [6, 6.07) is 12.7. The predicted molar refractivity (Wildman–Crippen MR) is 102 cm³/mol. The summed E-state index contributed by atoms with van der Waals surface area (Å²) in [7, 11) is 1.42. The number of methoxy groups -OCH3 is 1. The molecule has 0 bridgehead atoms. The molecule has 4 nitrogen and oxygen atoms in total. The number of halogens is 1. The number of benzene rings is 2. The normalized spacial score (nSPS) is 10.8. The summed E-state index contributed by atoms with van der Waals surface area (Å²) in [5, 5.41) is 2.93. The average molecular weight is 358 g/mol. The fraction of sp³-hybridized carbons (Fsp3) is 0.381. The van der Waals surface area contributed by atoms with Crippen LogP contribution in [0.15, 0.2) is 42.5 Å². The Hall–Kier alpha value is -2.40. The van der Waals surface area contributed by atoms with Gasteiger partial charge in [0.15, 0.2) is 11.6 Å². The molecule has 0 heterocycles. The van der Waals surface area contributed by atoms with Gasteiger partial charge in [-0.15, -0.1) is 0 Å². The maximum Gasteiger partial charge on any atom is 0.224 e. The highest BCUT2D eigenvalue weighted by molar-refractivity contribution is 5.78. The Morgan fingerprint density at radius 2 is 1.81 bits per heavy atom. The molecule has 0 saturated carbocycles. The summed E-state index contributed by atoms with van der Waals surface area (Å²) in [5.41, 5.74) is 2.94. The molecule has 1 N–H and O–H groups in total. The smallest absolute Gasteiger partial charge is 0.224 e. The highest BCUT2D eigenvalue weighted by Gasteiger charge is 2.10. The van der Waals surface area contributed by atoms with Crippen molar-refractivity contribution in [3.05, 3.63) is 65.0 Å². The number of nitrogens with one attached hydrogen (secondary N) is 1. The molecule has 0 atom stereocenters. The van der Waals surface area contributed by atoms with Crippen molar-refractivity contribution in [3.8, 4) is 5.75 Å². The SMILES string of the molecule is CCN(CC)Cc1ccccc1CNC(=O)Cc1ccc(OC)c(F)c1. The van der Waals surface area contributed by atoms with Crippen LogP contribution in [0.1, 0.15) is 30.5 Å². The van der Waals surface area contributed by atoms with Gasteiger partial charge in [-0.2, -0.15) is 0 Å². The van der Waals surface area contributed by atoms with E-state index in [9.17, 15) is 9.18 Å². The van der Waals surface area contributed by atoms with Gasteiger partial charge in [0.25, 0.3) is 0 Å². The van der Waals surface area contributed by atoms with E-state index in [1.165, 1.54) is 24.8 Å². The predicted octanol–water partition coefficient (Wildman–Crippen LogP) is 3.54. The van der Waals surface area contributed by atoms with Gasteiger partial charge in [-0.1, -0.05) is 44.2 Å². The molecule has 1 amide bonds. The minimum absolute atomic E-state index is 0.132. The van der Waals surface area contributed by atoms with E-state index in [1.54, 1.807) is 6.07 Å². The number of amides is 1. The van der Waals surface area contributed by atoms with Crippen molar-refractivity contribution in [1.82, 2.24) is 10.2 Å². The zero-order chi connectivity index (χ0) is 18.9. The molecule has 0 aromatic heterocycles. The number of nitrogens with zero attached hydrogens (tertiary/aromatic N) is 1. The lowest BCUT2D eigenvalue weighted by atomic mass is 10.1. The van der Waals surface area contributed by atoms with Gasteiger partial charge in [-0.3, -0.25) is 9.69 Å². The van der Waals surface area contributed by atoms with Crippen LogP contribution in [0.25, 0.3) is 0 Å². The molecule has 2 aromatic carbocycles. The minimum atomic E-state index is -0.456. The second-order valence-corrected chi connectivity index (χ2v) is 6.15. The van der Waals surface area contributed by atoms with E-state index in [0.29, 0.717) is 12.1 Å². The van der Waals surface area contributed by atoms with Crippen LogP contribution < -0.4 is 10.1 Å². The maximum atomic E-state index is 13.7. The summed E-state index contributed by atoms with van der Waals surface area (Å²) in [4.78, 5) is 14.6. The summed E-state index contributed by atoms with van der Waals surface area (Å²) in [5.74, 6) is -0.408. The number of ether oxygens (including phenoxy) is 1. The Bertz CT molecular complexity index is 730. The van der Waals surface area contributed by atoms with Crippen molar-refractivity contribution < 1.29 is 13.9 Å². The molecule has 0 saturated heterocycles. The van der Waals surface area contributed by atoms with Crippen LogP contribution >= 0.6 is 0 Å². The third-order valence-electron chi connectivity index (χ3n) is 4.46. The van der Waals surface area contributed by atoms with E-state index in [2.05, 4.69) is 30.1 Å². The van der Waals surface area contributed by atoms with Gasteiger partial charge in [0, 0.05) is 13.1 Å². The zero-order valence-corrected chi connectivity index (χ0v) is 15.7. The maximum absolute atomic E-state index is 13.7. The number of hydrogen-bond acceptors (Lipinski definition) is 3. The monoisotopic (exact) mass is 358 g/mol. The highest BCUT2D eigenvalue weighted by Crippen LogP contribution is 2.18. The minimum Gasteiger partial charge on any atom is -0.494 e. The van der Waals surface area contributed by atoms with Crippen LogP contribution in [0.3, 0.4) is 0 Å². The Balaban J connectivity index is 1.96. The van der Waals surface area contributed by atoms with Crippen molar-refractivity contribution in [2.75, 3.05) is 20.2 Å². The summed E-state index contributed by atoms with van der Waals surface area (Å²) in [6.45, 7) is 7.59. The third kappa shape index (κ3) is 5.56. The number of rotatable bonds is 9. The van der Waals surface area contributed by atoms with Crippen LogP contribution in [0.2, 0.25) is 0 Å². The first kappa shape index (κ1) is 19.9. The molecule has 0 aliphatic heterocycles. The first-order valence-electron chi connectivity index (χ1n) is 8.95. The van der Waals surface area contributed by atoms with Crippen LogP contribution in [0.4, 0.5) is 4.39 Å². The van der Waals surface area contributed by atoms with E-state index in [-0.39, 0.29) is 18.1 Å². The lowest BCUT2D eigenvalue weighted by Gasteiger charge is -2.20. The quantitative estimate of drug-likeness (QED) is 0.746. The molecule has 5 heteroatoms. The van der Waals surface area contributed by atoms with Crippen molar-refractivity contribution in [3.63, 3.8) is 0 Å². The van der Waals surface area contributed by atoms with Gasteiger partial charge in [0.1, 0.15) is 0 Å². The summed E-state index contributed by atoms with van der Waals surface area (Å²) in [6.07, 6.45) is 0.138. The average Bonchev–Trinajstić information content (AvgIpc) is 2.65. The summed E-state index contributed by atoms with van der Waals surface area (Å²) >= 11 is 0. The Morgan fingerprint density at radius 3 is 2.42 bits per heavy atom.